The van der Waals surface area contributed by atoms with E-state index in [1.54, 1.807) is 0 Å². The van der Waals surface area contributed by atoms with E-state index in [1.165, 1.54) is 5.56 Å². The van der Waals surface area contributed by atoms with E-state index < -0.39 is 0 Å². The normalized spacial score (nSPS) is 15.5. The van der Waals surface area contributed by atoms with Crippen LogP contribution in [-0.4, -0.2) is 40.6 Å². The number of nitrogens with zero attached hydrogens (tertiary/aromatic N) is 3. The monoisotopic (exact) mass is 504 g/mol. The smallest absolute Gasteiger partial charge is 0.141 e. The third-order valence-corrected chi connectivity index (χ3v) is 7.55. The maximum Gasteiger partial charge on any atom is 0.141 e. The van der Waals surface area contributed by atoms with E-state index in [9.17, 15) is 0 Å². The fraction of sp³-hybridized carbons (Fsp3) is 0.276. The Bertz CT molecular complexity index is 1250. The SMILES string of the molecule is Cc1ccc(-c2ncc(C)n2C(C(c2ccccc2Cl)c2ccccc2Cl)N2CCNCC2)cc1. The number of hydrogen-bond donors (Lipinski definition) is 1. The van der Waals surface area contributed by atoms with E-state index >= 15 is 0 Å². The van der Waals surface area contributed by atoms with Crippen molar-refractivity contribution >= 4 is 23.2 Å². The highest BCUT2D eigenvalue weighted by molar-refractivity contribution is 6.32. The van der Waals surface area contributed by atoms with Gasteiger partial charge in [-0.05, 0) is 37.1 Å². The first kappa shape index (κ1) is 24.1. The number of aryl methyl sites for hydroxylation is 2. The number of benzene rings is 3. The first-order chi connectivity index (χ1) is 17.0. The van der Waals surface area contributed by atoms with Crippen LogP contribution in [0.15, 0.2) is 79.0 Å². The quantitative estimate of drug-likeness (QED) is 0.316. The third kappa shape index (κ3) is 4.89. The zero-order valence-corrected chi connectivity index (χ0v) is 21.6. The van der Waals surface area contributed by atoms with Crippen LogP contribution in [0.3, 0.4) is 0 Å². The van der Waals surface area contributed by atoms with Gasteiger partial charge in [-0.3, -0.25) is 4.90 Å². The minimum absolute atomic E-state index is 0.0595. The molecule has 1 atom stereocenters. The van der Waals surface area contributed by atoms with Gasteiger partial charge in [0.05, 0.1) is 6.17 Å². The van der Waals surface area contributed by atoms with E-state index in [0.717, 1.165) is 64.4 Å². The molecule has 0 amide bonds. The molecule has 5 rings (SSSR count). The maximum absolute atomic E-state index is 6.88. The molecule has 180 valence electrons. The van der Waals surface area contributed by atoms with Crippen molar-refractivity contribution in [2.45, 2.75) is 25.9 Å². The van der Waals surface area contributed by atoms with E-state index in [0.29, 0.717) is 0 Å². The molecule has 1 aromatic heterocycles. The maximum atomic E-state index is 6.88. The van der Waals surface area contributed by atoms with Crippen LogP contribution in [0.5, 0.6) is 0 Å². The summed E-state index contributed by atoms with van der Waals surface area (Å²) < 4.78 is 2.38. The Morgan fingerprint density at radius 1 is 0.800 bits per heavy atom. The second-order valence-corrected chi connectivity index (χ2v) is 9.99. The number of piperazine rings is 1. The van der Waals surface area contributed by atoms with Gasteiger partial charge in [0.15, 0.2) is 0 Å². The second-order valence-electron chi connectivity index (χ2n) is 9.18. The van der Waals surface area contributed by atoms with Crippen LogP contribution in [0, 0.1) is 13.8 Å². The van der Waals surface area contributed by atoms with Crippen LogP contribution in [0.25, 0.3) is 11.4 Å². The van der Waals surface area contributed by atoms with Crippen LogP contribution in [0.1, 0.15) is 34.5 Å². The number of halogens is 2. The summed E-state index contributed by atoms with van der Waals surface area (Å²) in [5.74, 6) is 0.864. The lowest BCUT2D eigenvalue weighted by atomic mass is 9.86. The van der Waals surface area contributed by atoms with Gasteiger partial charge in [-0.15, -0.1) is 0 Å². The Morgan fingerprint density at radius 3 is 1.94 bits per heavy atom. The molecule has 6 heteroatoms. The lowest BCUT2D eigenvalue weighted by Gasteiger charge is -2.42. The minimum Gasteiger partial charge on any atom is -0.314 e. The lowest BCUT2D eigenvalue weighted by Crippen LogP contribution is -2.48. The van der Waals surface area contributed by atoms with Crippen LogP contribution < -0.4 is 5.32 Å². The molecule has 0 aliphatic carbocycles. The molecule has 1 aliphatic heterocycles. The van der Waals surface area contributed by atoms with Gasteiger partial charge >= 0.3 is 0 Å². The van der Waals surface area contributed by atoms with Gasteiger partial charge in [-0.25, -0.2) is 4.98 Å². The average molecular weight is 505 g/mol. The van der Waals surface area contributed by atoms with Crippen molar-refractivity contribution in [1.82, 2.24) is 19.8 Å². The molecule has 1 unspecified atom stereocenters. The molecule has 1 aliphatic rings. The lowest BCUT2D eigenvalue weighted by molar-refractivity contribution is 0.107. The standard InChI is InChI=1S/C29H30Cl2N4/c1-20-11-13-22(14-12-20)28-33-19-21(2)35(28)29(34-17-15-32-16-18-34)27(23-7-3-5-9-25(23)30)24-8-4-6-10-26(24)31/h3-14,19,27,29,32H,15-18H2,1-2H3. The highest BCUT2D eigenvalue weighted by Crippen LogP contribution is 2.44. The Hall–Kier alpha value is -2.63. The van der Waals surface area contributed by atoms with Gasteiger partial charge in [0.2, 0.25) is 0 Å². The molecule has 2 heterocycles. The van der Waals surface area contributed by atoms with Gasteiger partial charge in [0.25, 0.3) is 0 Å². The predicted octanol–water partition coefficient (Wildman–Crippen LogP) is 6.71. The Morgan fingerprint density at radius 2 is 1.37 bits per heavy atom. The molecular weight excluding hydrogens is 475 g/mol. The van der Waals surface area contributed by atoms with E-state index in [1.807, 2.05) is 30.5 Å². The molecule has 1 N–H and O–H groups in total. The van der Waals surface area contributed by atoms with Crippen LogP contribution in [-0.2, 0) is 0 Å². The molecule has 0 radical (unpaired) electrons. The van der Waals surface area contributed by atoms with Crippen molar-refractivity contribution in [1.29, 1.82) is 0 Å². The summed E-state index contributed by atoms with van der Waals surface area (Å²) in [5, 5.41) is 4.99. The van der Waals surface area contributed by atoms with E-state index in [2.05, 4.69) is 77.2 Å². The van der Waals surface area contributed by atoms with Crippen molar-refractivity contribution in [2.75, 3.05) is 26.2 Å². The molecule has 1 saturated heterocycles. The fourth-order valence-corrected chi connectivity index (χ4v) is 5.62. The van der Waals surface area contributed by atoms with Crippen molar-refractivity contribution in [2.24, 2.45) is 0 Å². The zero-order valence-electron chi connectivity index (χ0n) is 20.1. The van der Waals surface area contributed by atoms with Gasteiger partial charge in [-0.1, -0.05) is 89.4 Å². The Labute approximate surface area is 217 Å². The molecule has 4 nitrogen and oxygen atoms in total. The summed E-state index contributed by atoms with van der Waals surface area (Å²) in [5.41, 5.74) is 5.56. The number of nitrogens with one attached hydrogen (secondary N) is 1. The molecule has 3 aromatic carbocycles. The van der Waals surface area contributed by atoms with Crippen molar-refractivity contribution < 1.29 is 0 Å². The summed E-state index contributed by atoms with van der Waals surface area (Å²) in [7, 11) is 0. The second kappa shape index (κ2) is 10.5. The molecule has 0 saturated carbocycles. The number of imidazole rings is 1. The minimum atomic E-state index is -0.0902. The molecule has 35 heavy (non-hydrogen) atoms. The predicted molar refractivity (Wildman–Crippen MR) is 145 cm³/mol. The van der Waals surface area contributed by atoms with Crippen molar-refractivity contribution in [3.63, 3.8) is 0 Å². The highest BCUT2D eigenvalue weighted by atomic mass is 35.5. The summed E-state index contributed by atoms with van der Waals surface area (Å²) in [6.45, 7) is 7.94. The Balaban J connectivity index is 1.77. The average Bonchev–Trinajstić information content (AvgIpc) is 3.25. The van der Waals surface area contributed by atoms with Crippen LogP contribution in [0.4, 0.5) is 0 Å². The number of hydrogen-bond acceptors (Lipinski definition) is 3. The number of aromatic nitrogens is 2. The zero-order chi connectivity index (χ0) is 24.4. The number of rotatable bonds is 6. The molecule has 4 aromatic rings. The highest BCUT2D eigenvalue weighted by Gasteiger charge is 2.36. The van der Waals surface area contributed by atoms with Gasteiger partial charge in [0.1, 0.15) is 5.82 Å². The Kier molecular flexibility index (Phi) is 7.26. The first-order valence-corrected chi connectivity index (χ1v) is 12.8. The van der Waals surface area contributed by atoms with Gasteiger partial charge in [-0.2, -0.15) is 0 Å². The molecular formula is C29H30Cl2N4. The first-order valence-electron chi connectivity index (χ1n) is 12.1. The largest absolute Gasteiger partial charge is 0.314 e. The summed E-state index contributed by atoms with van der Waals surface area (Å²) in [6.07, 6.45) is 1.91. The van der Waals surface area contributed by atoms with Crippen molar-refractivity contribution in [3.05, 3.63) is 111 Å². The van der Waals surface area contributed by atoms with Crippen LogP contribution >= 0.6 is 23.2 Å². The van der Waals surface area contributed by atoms with E-state index in [4.69, 9.17) is 28.2 Å². The third-order valence-electron chi connectivity index (χ3n) is 6.86. The molecule has 0 spiro atoms. The topological polar surface area (TPSA) is 33.1 Å². The fourth-order valence-electron chi connectivity index (χ4n) is 5.11. The van der Waals surface area contributed by atoms with Gasteiger partial charge in [0, 0.05) is 59.6 Å². The molecule has 1 fully saturated rings. The summed E-state index contributed by atoms with van der Waals surface area (Å²) in [6, 6.07) is 24.9. The van der Waals surface area contributed by atoms with Crippen LogP contribution in [0.2, 0.25) is 10.0 Å². The van der Waals surface area contributed by atoms with Crippen molar-refractivity contribution in [3.8, 4) is 11.4 Å². The summed E-state index contributed by atoms with van der Waals surface area (Å²) >= 11 is 13.8. The van der Waals surface area contributed by atoms with Gasteiger partial charge < -0.3 is 9.88 Å². The summed E-state index contributed by atoms with van der Waals surface area (Å²) in [4.78, 5) is 7.44. The molecule has 0 bridgehead atoms. The van der Waals surface area contributed by atoms with E-state index in [-0.39, 0.29) is 12.1 Å².